The molecule has 0 saturated heterocycles. The number of benzene rings is 1. The standard InChI is InChI=1S/C12H18N2/c1-10-4-5-12-11(8-10)9-13(2)6-7-14(12)3/h4-5,8H,6-7,9H2,1-3H3. The Labute approximate surface area is 86.1 Å². The Morgan fingerprint density at radius 1 is 1.14 bits per heavy atom. The smallest absolute Gasteiger partial charge is 0.0409 e. The van der Waals surface area contributed by atoms with Gasteiger partial charge in [-0.15, -0.1) is 0 Å². The molecule has 0 fully saturated rings. The monoisotopic (exact) mass is 190 g/mol. The number of hydrogen-bond donors (Lipinski definition) is 0. The molecule has 0 radical (unpaired) electrons. The normalized spacial score (nSPS) is 17.8. The van der Waals surface area contributed by atoms with Crippen molar-refractivity contribution in [1.82, 2.24) is 4.90 Å². The highest BCUT2D eigenvalue weighted by Crippen LogP contribution is 2.24. The number of rotatable bonds is 0. The first-order valence-corrected chi connectivity index (χ1v) is 5.16. The summed E-state index contributed by atoms with van der Waals surface area (Å²) in [7, 11) is 4.36. The quantitative estimate of drug-likeness (QED) is 0.616. The molecule has 1 aliphatic rings. The predicted octanol–water partition coefficient (Wildman–Crippen LogP) is 1.88. The van der Waals surface area contributed by atoms with Gasteiger partial charge < -0.3 is 9.80 Å². The van der Waals surface area contributed by atoms with Gasteiger partial charge in [0.2, 0.25) is 0 Å². The highest BCUT2D eigenvalue weighted by Gasteiger charge is 2.14. The molecule has 1 aromatic carbocycles. The number of nitrogens with zero attached hydrogens (tertiary/aromatic N) is 2. The molecule has 14 heavy (non-hydrogen) atoms. The molecule has 2 rings (SSSR count). The first-order chi connectivity index (χ1) is 6.66. The Bertz CT molecular complexity index is 333. The molecule has 1 aromatic rings. The van der Waals surface area contributed by atoms with E-state index >= 15 is 0 Å². The van der Waals surface area contributed by atoms with E-state index in [-0.39, 0.29) is 0 Å². The zero-order valence-electron chi connectivity index (χ0n) is 9.25. The molecule has 0 aliphatic carbocycles. The fourth-order valence-corrected chi connectivity index (χ4v) is 2.02. The number of anilines is 1. The van der Waals surface area contributed by atoms with Crippen molar-refractivity contribution in [2.75, 3.05) is 32.1 Å². The molecule has 0 amide bonds. The van der Waals surface area contributed by atoms with Crippen molar-refractivity contribution in [2.45, 2.75) is 13.5 Å². The van der Waals surface area contributed by atoms with Crippen LogP contribution in [-0.4, -0.2) is 32.1 Å². The SMILES string of the molecule is Cc1ccc2c(c1)CN(C)CCN2C. The van der Waals surface area contributed by atoms with Gasteiger partial charge in [-0.3, -0.25) is 0 Å². The third-order valence-corrected chi connectivity index (χ3v) is 2.90. The number of aryl methyl sites for hydroxylation is 1. The fraction of sp³-hybridized carbons (Fsp3) is 0.500. The summed E-state index contributed by atoms with van der Waals surface area (Å²) in [5, 5.41) is 0. The molecular formula is C12H18N2. The van der Waals surface area contributed by atoms with Crippen molar-refractivity contribution >= 4 is 5.69 Å². The van der Waals surface area contributed by atoms with Gasteiger partial charge in [0.05, 0.1) is 0 Å². The summed E-state index contributed by atoms with van der Waals surface area (Å²) < 4.78 is 0. The second kappa shape index (κ2) is 3.62. The van der Waals surface area contributed by atoms with E-state index in [2.05, 4.69) is 49.0 Å². The van der Waals surface area contributed by atoms with Gasteiger partial charge in [-0.2, -0.15) is 0 Å². The maximum Gasteiger partial charge on any atom is 0.0409 e. The van der Waals surface area contributed by atoms with Gasteiger partial charge >= 0.3 is 0 Å². The van der Waals surface area contributed by atoms with Crippen molar-refractivity contribution in [1.29, 1.82) is 0 Å². The van der Waals surface area contributed by atoms with Gasteiger partial charge in [0, 0.05) is 32.4 Å². The molecule has 0 aromatic heterocycles. The zero-order chi connectivity index (χ0) is 10.1. The van der Waals surface area contributed by atoms with Crippen molar-refractivity contribution < 1.29 is 0 Å². The lowest BCUT2D eigenvalue weighted by atomic mass is 10.1. The van der Waals surface area contributed by atoms with E-state index in [1.165, 1.54) is 16.8 Å². The van der Waals surface area contributed by atoms with Crippen molar-refractivity contribution in [2.24, 2.45) is 0 Å². The van der Waals surface area contributed by atoms with E-state index in [0.29, 0.717) is 0 Å². The van der Waals surface area contributed by atoms with Gasteiger partial charge in [0.15, 0.2) is 0 Å². The molecule has 0 bridgehead atoms. The molecule has 1 aliphatic heterocycles. The number of likely N-dealkylation sites (N-methyl/N-ethyl adjacent to an activating group) is 2. The summed E-state index contributed by atoms with van der Waals surface area (Å²) in [5.74, 6) is 0. The molecule has 0 N–H and O–H groups in total. The summed E-state index contributed by atoms with van der Waals surface area (Å²) >= 11 is 0. The highest BCUT2D eigenvalue weighted by atomic mass is 15.2. The zero-order valence-corrected chi connectivity index (χ0v) is 9.25. The lowest BCUT2D eigenvalue weighted by Crippen LogP contribution is -2.26. The van der Waals surface area contributed by atoms with Crippen LogP contribution in [0.4, 0.5) is 5.69 Å². The van der Waals surface area contributed by atoms with Gasteiger partial charge in [0.1, 0.15) is 0 Å². The van der Waals surface area contributed by atoms with Crippen molar-refractivity contribution in [3.05, 3.63) is 29.3 Å². The fourth-order valence-electron chi connectivity index (χ4n) is 2.02. The Morgan fingerprint density at radius 3 is 2.71 bits per heavy atom. The van der Waals surface area contributed by atoms with E-state index in [1.807, 2.05) is 0 Å². The Balaban J connectivity index is 2.41. The third kappa shape index (κ3) is 1.75. The van der Waals surface area contributed by atoms with E-state index in [4.69, 9.17) is 0 Å². The minimum absolute atomic E-state index is 1.07. The number of fused-ring (bicyclic) bond motifs is 1. The maximum atomic E-state index is 2.38. The minimum Gasteiger partial charge on any atom is -0.373 e. The first-order valence-electron chi connectivity index (χ1n) is 5.16. The lowest BCUT2D eigenvalue weighted by Gasteiger charge is -2.18. The second-order valence-corrected chi connectivity index (χ2v) is 4.29. The van der Waals surface area contributed by atoms with Gasteiger partial charge in [-0.05, 0) is 25.6 Å². The van der Waals surface area contributed by atoms with Crippen LogP contribution in [-0.2, 0) is 6.54 Å². The molecule has 2 heteroatoms. The van der Waals surface area contributed by atoms with Crippen LogP contribution in [0.3, 0.4) is 0 Å². The van der Waals surface area contributed by atoms with Crippen LogP contribution in [0.5, 0.6) is 0 Å². The van der Waals surface area contributed by atoms with E-state index in [9.17, 15) is 0 Å². The van der Waals surface area contributed by atoms with Crippen LogP contribution >= 0.6 is 0 Å². The minimum atomic E-state index is 1.07. The summed E-state index contributed by atoms with van der Waals surface area (Å²) in [5.41, 5.74) is 4.19. The maximum absolute atomic E-state index is 2.38. The third-order valence-electron chi connectivity index (χ3n) is 2.90. The van der Waals surface area contributed by atoms with Gasteiger partial charge in [-0.25, -0.2) is 0 Å². The van der Waals surface area contributed by atoms with Crippen LogP contribution < -0.4 is 4.90 Å². The van der Waals surface area contributed by atoms with Crippen LogP contribution in [0.15, 0.2) is 18.2 Å². The van der Waals surface area contributed by atoms with Crippen molar-refractivity contribution in [3.63, 3.8) is 0 Å². The van der Waals surface area contributed by atoms with Crippen LogP contribution in [0, 0.1) is 6.92 Å². The molecule has 0 unspecified atom stereocenters. The molecule has 0 spiro atoms. The summed E-state index contributed by atoms with van der Waals surface area (Å²) in [6, 6.07) is 6.73. The Morgan fingerprint density at radius 2 is 1.93 bits per heavy atom. The molecule has 76 valence electrons. The average molecular weight is 190 g/mol. The largest absolute Gasteiger partial charge is 0.373 e. The highest BCUT2D eigenvalue weighted by molar-refractivity contribution is 5.55. The molecule has 2 nitrogen and oxygen atoms in total. The molecule has 0 saturated carbocycles. The van der Waals surface area contributed by atoms with Gasteiger partial charge in [0.25, 0.3) is 0 Å². The second-order valence-electron chi connectivity index (χ2n) is 4.29. The first kappa shape index (κ1) is 9.53. The number of hydrogen-bond acceptors (Lipinski definition) is 2. The van der Waals surface area contributed by atoms with E-state index in [1.54, 1.807) is 0 Å². The summed E-state index contributed by atoms with van der Waals surface area (Å²) in [6.07, 6.45) is 0. The molecule has 0 atom stereocenters. The van der Waals surface area contributed by atoms with Crippen LogP contribution in [0.2, 0.25) is 0 Å². The lowest BCUT2D eigenvalue weighted by molar-refractivity contribution is 0.342. The van der Waals surface area contributed by atoms with Gasteiger partial charge in [-0.1, -0.05) is 17.7 Å². The Hall–Kier alpha value is -1.02. The average Bonchev–Trinajstić information content (AvgIpc) is 2.26. The predicted molar refractivity (Wildman–Crippen MR) is 60.8 cm³/mol. The van der Waals surface area contributed by atoms with Crippen LogP contribution in [0.1, 0.15) is 11.1 Å². The topological polar surface area (TPSA) is 6.48 Å². The van der Waals surface area contributed by atoms with E-state index in [0.717, 1.165) is 19.6 Å². The summed E-state index contributed by atoms with van der Waals surface area (Å²) in [4.78, 5) is 4.72. The summed E-state index contributed by atoms with van der Waals surface area (Å²) in [6.45, 7) is 5.49. The molecule has 1 heterocycles. The Kier molecular flexibility index (Phi) is 2.46. The van der Waals surface area contributed by atoms with Crippen molar-refractivity contribution in [3.8, 4) is 0 Å². The van der Waals surface area contributed by atoms with E-state index < -0.39 is 0 Å². The molecular weight excluding hydrogens is 172 g/mol. The van der Waals surface area contributed by atoms with Crippen LogP contribution in [0.25, 0.3) is 0 Å².